The molecule has 0 bridgehead atoms. The number of carbonyl (C=O) groups excluding carboxylic acids is 1. The molecule has 4 heteroatoms. The Morgan fingerprint density at radius 2 is 2.13 bits per heavy atom. The maximum atomic E-state index is 11.1. The predicted octanol–water partition coefficient (Wildman–Crippen LogP) is 2.28. The fraction of sp³-hybridized carbons (Fsp3) is 0.727. The first-order valence-corrected chi connectivity index (χ1v) is 7.71. The van der Waals surface area contributed by atoms with Crippen LogP contribution in [0.3, 0.4) is 0 Å². The highest BCUT2D eigenvalue weighted by Crippen LogP contribution is 2.03. The lowest BCUT2D eigenvalue weighted by Crippen LogP contribution is -2.15. The summed E-state index contributed by atoms with van der Waals surface area (Å²) in [7, 11) is 0.788. The van der Waals surface area contributed by atoms with E-state index in [1.807, 2.05) is 6.92 Å². The second kappa shape index (κ2) is 9.92. The molecule has 0 aromatic rings. The van der Waals surface area contributed by atoms with E-state index in [0.29, 0.717) is 6.61 Å². The first-order valence-electron chi connectivity index (χ1n) is 5.60. The quantitative estimate of drug-likeness (QED) is 0.278. The largest absolute Gasteiger partial charge is 0.463 e. The molecule has 0 spiro atoms. The summed E-state index contributed by atoms with van der Waals surface area (Å²) in [6.45, 7) is 4.65. The molecule has 0 aromatic carbocycles. The van der Waals surface area contributed by atoms with Crippen molar-refractivity contribution in [2.75, 3.05) is 13.7 Å². The van der Waals surface area contributed by atoms with Gasteiger partial charge >= 0.3 is 5.97 Å². The zero-order valence-electron chi connectivity index (χ0n) is 9.99. The molecule has 0 aliphatic heterocycles. The Labute approximate surface area is 94.2 Å². The summed E-state index contributed by atoms with van der Waals surface area (Å²) < 4.78 is 10.4. The Bertz CT molecular complexity index is 188. The zero-order valence-corrected chi connectivity index (χ0v) is 11.1. The van der Waals surface area contributed by atoms with Crippen molar-refractivity contribution in [2.24, 2.45) is 0 Å². The summed E-state index contributed by atoms with van der Waals surface area (Å²) in [4.78, 5) is 11.1. The molecule has 1 unspecified atom stereocenters. The zero-order chi connectivity index (χ0) is 11.5. The van der Waals surface area contributed by atoms with Gasteiger partial charge in [-0.25, -0.2) is 4.79 Å². The molecule has 3 nitrogen and oxygen atoms in total. The minimum Gasteiger partial charge on any atom is -0.463 e. The number of rotatable bonds is 8. The number of hydrogen-bond acceptors (Lipinski definition) is 3. The van der Waals surface area contributed by atoms with Crippen molar-refractivity contribution >= 4 is 15.0 Å². The van der Waals surface area contributed by atoms with Gasteiger partial charge in [-0.15, -0.1) is 0 Å². The van der Waals surface area contributed by atoms with Crippen molar-refractivity contribution < 1.29 is 14.0 Å². The van der Waals surface area contributed by atoms with Gasteiger partial charge in [-0.2, -0.15) is 0 Å². The first-order chi connectivity index (χ1) is 7.24. The third-order valence-electron chi connectivity index (χ3n) is 2.19. The van der Waals surface area contributed by atoms with Crippen LogP contribution in [0, 0.1) is 0 Å². The van der Waals surface area contributed by atoms with Crippen LogP contribution in [0.5, 0.6) is 0 Å². The smallest absolute Gasteiger partial charge is 0.330 e. The van der Waals surface area contributed by atoms with Gasteiger partial charge in [0.05, 0.1) is 6.61 Å². The first kappa shape index (κ1) is 14.4. The van der Waals surface area contributed by atoms with Gasteiger partial charge in [0, 0.05) is 13.2 Å². The van der Waals surface area contributed by atoms with Gasteiger partial charge in [-0.3, -0.25) is 0 Å². The maximum Gasteiger partial charge on any atom is 0.330 e. The predicted molar refractivity (Wildman–Crippen MR) is 64.5 cm³/mol. The van der Waals surface area contributed by atoms with E-state index in [0.717, 1.165) is 24.9 Å². The molecule has 1 atom stereocenters. The van der Waals surface area contributed by atoms with Crippen molar-refractivity contribution in [1.29, 1.82) is 0 Å². The number of esters is 1. The third-order valence-corrected chi connectivity index (χ3v) is 4.82. The number of ether oxygens (including phenoxy) is 1. The van der Waals surface area contributed by atoms with Crippen LogP contribution in [-0.4, -0.2) is 28.7 Å². The summed E-state index contributed by atoms with van der Waals surface area (Å²) >= 11 is 0. The van der Waals surface area contributed by atoms with Crippen molar-refractivity contribution in [1.82, 2.24) is 0 Å². The molecule has 0 N–H and O–H groups in total. The molecule has 0 saturated carbocycles. The lowest BCUT2D eigenvalue weighted by atomic mass is 10.4. The molecule has 0 aliphatic carbocycles. The summed E-state index contributed by atoms with van der Waals surface area (Å²) in [5, 5.41) is 0. The molecule has 0 aromatic heterocycles. The highest BCUT2D eigenvalue weighted by Gasteiger charge is 2.06. The van der Waals surface area contributed by atoms with E-state index >= 15 is 0 Å². The monoisotopic (exact) mass is 230 g/mol. The van der Waals surface area contributed by atoms with Crippen LogP contribution in [-0.2, 0) is 14.0 Å². The lowest BCUT2D eigenvalue weighted by molar-refractivity contribution is -0.137. The van der Waals surface area contributed by atoms with E-state index in [4.69, 9.17) is 9.16 Å². The number of carbonyl (C=O) groups is 1. The number of allylic oxidation sites excluding steroid dienone is 1. The molecular formula is C11H22O3Si. The van der Waals surface area contributed by atoms with Crippen LogP contribution in [0.2, 0.25) is 12.1 Å². The normalized spacial score (nSPS) is 13.0. The fourth-order valence-electron chi connectivity index (χ4n) is 1.23. The van der Waals surface area contributed by atoms with Gasteiger partial charge < -0.3 is 9.16 Å². The van der Waals surface area contributed by atoms with Crippen molar-refractivity contribution in [3.8, 4) is 0 Å². The Balaban J connectivity index is 3.45. The third kappa shape index (κ3) is 8.39. The standard InChI is InChI=1S/C11H22O3Si/c1-4-6-8-11(12)14-9-7-10-15(5-2)13-3/h6,8,15H,4-5,7,9-10H2,1-3H3. The molecule has 15 heavy (non-hydrogen) atoms. The summed E-state index contributed by atoms with van der Waals surface area (Å²) in [6.07, 6.45) is 5.08. The van der Waals surface area contributed by atoms with Gasteiger partial charge in [0.15, 0.2) is 9.04 Å². The van der Waals surface area contributed by atoms with Crippen LogP contribution < -0.4 is 0 Å². The number of hydrogen-bond donors (Lipinski definition) is 0. The molecule has 88 valence electrons. The van der Waals surface area contributed by atoms with E-state index in [1.54, 1.807) is 13.2 Å². The van der Waals surface area contributed by atoms with Gasteiger partial charge in [0.1, 0.15) is 0 Å². The highest BCUT2D eigenvalue weighted by molar-refractivity contribution is 6.51. The highest BCUT2D eigenvalue weighted by atomic mass is 28.3. The van der Waals surface area contributed by atoms with Crippen LogP contribution in [0.4, 0.5) is 0 Å². The molecule has 0 rings (SSSR count). The van der Waals surface area contributed by atoms with Crippen LogP contribution in [0.25, 0.3) is 0 Å². The minimum absolute atomic E-state index is 0.232. The summed E-state index contributed by atoms with van der Waals surface area (Å²) in [5.41, 5.74) is 0. The van der Waals surface area contributed by atoms with Crippen LogP contribution in [0.15, 0.2) is 12.2 Å². The molecular weight excluding hydrogens is 208 g/mol. The van der Waals surface area contributed by atoms with Gasteiger partial charge in [-0.05, 0) is 24.9 Å². The van der Waals surface area contributed by atoms with Gasteiger partial charge in [0.2, 0.25) is 0 Å². The second-order valence-electron chi connectivity index (χ2n) is 3.39. The molecule has 0 saturated heterocycles. The Morgan fingerprint density at radius 1 is 1.40 bits per heavy atom. The molecule has 0 aliphatic rings. The topological polar surface area (TPSA) is 35.5 Å². The fourth-order valence-corrected chi connectivity index (χ4v) is 2.83. The van der Waals surface area contributed by atoms with Crippen molar-refractivity contribution in [2.45, 2.75) is 38.8 Å². The van der Waals surface area contributed by atoms with E-state index in [9.17, 15) is 4.79 Å². The van der Waals surface area contributed by atoms with Crippen molar-refractivity contribution in [3.63, 3.8) is 0 Å². The molecule has 0 fully saturated rings. The summed E-state index contributed by atoms with van der Waals surface area (Å²) in [6, 6.07) is 2.22. The Kier molecular flexibility index (Phi) is 9.52. The van der Waals surface area contributed by atoms with Crippen molar-refractivity contribution in [3.05, 3.63) is 12.2 Å². The van der Waals surface area contributed by atoms with Gasteiger partial charge in [0.25, 0.3) is 0 Å². The molecule has 0 heterocycles. The van der Waals surface area contributed by atoms with E-state index in [2.05, 4.69) is 6.92 Å². The Hall–Kier alpha value is -0.613. The van der Waals surface area contributed by atoms with E-state index < -0.39 is 9.04 Å². The van der Waals surface area contributed by atoms with E-state index in [-0.39, 0.29) is 5.97 Å². The Morgan fingerprint density at radius 3 is 2.67 bits per heavy atom. The minimum atomic E-state index is -0.987. The summed E-state index contributed by atoms with van der Waals surface area (Å²) in [5.74, 6) is -0.232. The van der Waals surface area contributed by atoms with E-state index in [1.165, 1.54) is 6.08 Å². The SMILES string of the molecule is CCC=CC(=O)OCCC[SiH](CC)OC. The average molecular weight is 230 g/mol. The lowest BCUT2D eigenvalue weighted by Gasteiger charge is -2.09. The molecule has 0 amide bonds. The maximum absolute atomic E-state index is 11.1. The average Bonchev–Trinajstić information content (AvgIpc) is 2.26. The molecule has 0 radical (unpaired) electrons. The second-order valence-corrected chi connectivity index (χ2v) is 6.50. The van der Waals surface area contributed by atoms with Crippen LogP contribution in [0.1, 0.15) is 26.7 Å². The van der Waals surface area contributed by atoms with Crippen LogP contribution >= 0.6 is 0 Å². The van der Waals surface area contributed by atoms with Gasteiger partial charge in [-0.1, -0.05) is 19.9 Å².